The zero-order valence-corrected chi connectivity index (χ0v) is 14.1. The summed E-state index contributed by atoms with van der Waals surface area (Å²) in [6.07, 6.45) is 3.14. The molecule has 2 N–H and O–H groups in total. The highest BCUT2D eigenvalue weighted by atomic mass is 35.5. The highest BCUT2D eigenvalue weighted by molar-refractivity contribution is 6.30. The number of benzene rings is 2. The van der Waals surface area contributed by atoms with Gasteiger partial charge in [0.15, 0.2) is 5.15 Å². The van der Waals surface area contributed by atoms with Gasteiger partial charge in [0, 0.05) is 23.3 Å². The second kappa shape index (κ2) is 6.59. The van der Waals surface area contributed by atoms with Gasteiger partial charge in [0.25, 0.3) is 0 Å². The van der Waals surface area contributed by atoms with E-state index in [9.17, 15) is 0 Å². The molecule has 2 aromatic carbocycles. The Kier molecular flexibility index (Phi) is 4.14. The van der Waals surface area contributed by atoms with Gasteiger partial charge < -0.3 is 5.73 Å². The Morgan fingerprint density at radius 2 is 1.64 bits per heavy atom. The van der Waals surface area contributed by atoms with Crippen LogP contribution in [0.25, 0.3) is 22.2 Å². The Morgan fingerprint density at radius 1 is 0.880 bits per heavy atom. The van der Waals surface area contributed by atoms with E-state index in [0.29, 0.717) is 10.8 Å². The average Bonchev–Trinajstić information content (AvgIpc) is 2.67. The normalized spacial score (nSPS) is 12.2. The van der Waals surface area contributed by atoms with Gasteiger partial charge in [0.05, 0.1) is 22.9 Å². The van der Waals surface area contributed by atoms with E-state index in [4.69, 9.17) is 22.3 Å². The first kappa shape index (κ1) is 15.7. The summed E-state index contributed by atoms with van der Waals surface area (Å²) in [6.45, 7) is 0. The van der Waals surface area contributed by atoms with Crippen LogP contribution in [0.15, 0.2) is 73.1 Å². The van der Waals surface area contributed by atoms with Crippen molar-refractivity contribution in [3.05, 3.63) is 89.5 Å². The molecule has 2 heterocycles. The minimum atomic E-state index is -0.451. The topological polar surface area (TPSA) is 64.7 Å². The molecule has 0 aliphatic heterocycles. The van der Waals surface area contributed by atoms with E-state index in [1.54, 1.807) is 12.4 Å². The van der Waals surface area contributed by atoms with Crippen molar-refractivity contribution in [1.82, 2.24) is 15.0 Å². The van der Waals surface area contributed by atoms with E-state index in [-0.39, 0.29) is 0 Å². The largest absolute Gasteiger partial charge is 0.319 e. The van der Waals surface area contributed by atoms with Crippen molar-refractivity contribution in [2.45, 2.75) is 6.04 Å². The minimum absolute atomic E-state index is 0.320. The molecule has 0 unspecified atom stereocenters. The number of fused-ring (bicyclic) bond motifs is 1. The molecule has 4 rings (SSSR count). The van der Waals surface area contributed by atoms with Crippen LogP contribution in [0.4, 0.5) is 0 Å². The lowest BCUT2D eigenvalue weighted by atomic mass is 10.0. The maximum absolute atomic E-state index is 6.34. The van der Waals surface area contributed by atoms with Crippen molar-refractivity contribution < 1.29 is 0 Å². The van der Waals surface area contributed by atoms with Crippen molar-refractivity contribution in [3.63, 3.8) is 0 Å². The minimum Gasteiger partial charge on any atom is -0.319 e. The zero-order chi connectivity index (χ0) is 17.2. The Labute approximate surface area is 150 Å². The van der Waals surface area contributed by atoms with Crippen molar-refractivity contribution >= 4 is 22.5 Å². The summed E-state index contributed by atoms with van der Waals surface area (Å²) >= 11 is 6.12. The van der Waals surface area contributed by atoms with Crippen LogP contribution in [0.1, 0.15) is 17.3 Å². The van der Waals surface area contributed by atoms with E-state index < -0.39 is 6.04 Å². The summed E-state index contributed by atoms with van der Waals surface area (Å²) in [5, 5.41) is 1.38. The Bertz CT molecular complexity index is 1030. The van der Waals surface area contributed by atoms with Gasteiger partial charge >= 0.3 is 0 Å². The van der Waals surface area contributed by atoms with Crippen LogP contribution in [-0.2, 0) is 0 Å². The van der Waals surface area contributed by atoms with Crippen LogP contribution in [0, 0.1) is 0 Å². The third kappa shape index (κ3) is 3.09. The molecule has 0 aliphatic rings. The first-order valence-electron chi connectivity index (χ1n) is 7.90. The number of halogens is 1. The third-order valence-corrected chi connectivity index (χ3v) is 4.41. The van der Waals surface area contributed by atoms with E-state index in [1.165, 1.54) is 0 Å². The number of nitrogens with two attached hydrogens (primary N) is 1. The molecular formula is C20H15ClN4. The number of nitrogens with zero attached hydrogens (tertiary/aromatic N) is 3. The predicted molar refractivity (Wildman–Crippen MR) is 100 cm³/mol. The van der Waals surface area contributed by atoms with Gasteiger partial charge in [0.1, 0.15) is 0 Å². The molecule has 0 bridgehead atoms. The van der Waals surface area contributed by atoms with E-state index in [1.807, 2.05) is 54.6 Å². The van der Waals surface area contributed by atoms with Crippen molar-refractivity contribution in [3.8, 4) is 11.3 Å². The van der Waals surface area contributed by atoms with Crippen LogP contribution in [-0.4, -0.2) is 15.0 Å². The maximum atomic E-state index is 6.34. The van der Waals surface area contributed by atoms with Crippen molar-refractivity contribution in [2.75, 3.05) is 0 Å². The Balaban J connectivity index is 1.78. The number of hydrogen-bond acceptors (Lipinski definition) is 4. The molecule has 5 heteroatoms. The summed E-state index contributed by atoms with van der Waals surface area (Å²) in [5.74, 6) is 0. The summed E-state index contributed by atoms with van der Waals surface area (Å²) < 4.78 is 0. The molecule has 0 saturated heterocycles. The average molecular weight is 347 g/mol. The summed E-state index contributed by atoms with van der Waals surface area (Å²) in [5.41, 5.74) is 10.7. The van der Waals surface area contributed by atoms with Gasteiger partial charge in [-0.2, -0.15) is 0 Å². The molecule has 0 radical (unpaired) electrons. The molecular weight excluding hydrogens is 332 g/mol. The Morgan fingerprint density at radius 3 is 2.44 bits per heavy atom. The summed E-state index contributed by atoms with van der Waals surface area (Å²) in [7, 11) is 0. The van der Waals surface area contributed by atoms with Gasteiger partial charge in [-0.15, -0.1) is 0 Å². The summed E-state index contributed by atoms with van der Waals surface area (Å²) in [6, 6.07) is 19.7. The fraction of sp³-hybridized carbons (Fsp3) is 0.0500. The molecule has 0 fully saturated rings. The number of rotatable bonds is 3. The molecule has 122 valence electrons. The van der Waals surface area contributed by atoms with E-state index in [2.05, 4.69) is 16.0 Å². The fourth-order valence-electron chi connectivity index (χ4n) is 2.80. The van der Waals surface area contributed by atoms with Crippen molar-refractivity contribution in [2.24, 2.45) is 5.73 Å². The molecule has 25 heavy (non-hydrogen) atoms. The Hall–Kier alpha value is -2.82. The molecule has 0 aliphatic carbocycles. The predicted octanol–water partition coefficient (Wildman–Crippen LogP) is 4.39. The number of hydrogen-bond donors (Lipinski definition) is 1. The lowest BCUT2D eigenvalue weighted by Gasteiger charge is -2.13. The number of pyridine rings is 1. The highest BCUT2D eigenvalue weighted by Gasteiger charge is 2.15. The second-order valence-corrected chi connectivity index (χ2v) is 6.08. The summed E-state index contributed by atoms with van der Waals surface area (Å²) in [4.78, 5) is 13.1. The zero-order valence-electron chi connectivity index (χ0n) is 13.3. The standard InChI is InChI=1S/C20H15ClN4/c21-20-19(23-10-11-24-20)18(22)15-7-6-14-8-9-16(25-17(14)12-15)13-4-2-1-3-5-13/h1-12,18H,22H2/t18-/m0/s1. The molecule has 2 aromatic heterocycles. The second-order valence-electron chi connectivity index (χ2n) is 5.72. The first-order valence-corrected chi connectivity index (χ1v) is 8.28. The van der Waals surface area contributed by atoms with Gasteiger partial charge in [-0.05, 0) is 17.7 Å². The van der Waals surface area contributed by atoms with Crippen LogP contribution in [0.5, 0.6) is 0 Å². The van der Waals surface area contributed by atoms with Gasteiger partial charge in [-0.3, -0.25) is 4.98 Å². The van der Waals surface area contributed by atoms with Gasteiger partial charge in [-0.1, -0.05) is 60.1 Å². The molecule has 0 saturated carbocycles. The van der Waals surface area contributed by atoms with Crippen LogP contribution >= 0.6 is 11.6 Å². The number of aromatic nitrogens is 3. The van der Waals surface area contributed by atoms with E-state index >= 15 is 0 Å². The highest BCUT2D eigenvalue weighted by Crippen LogP contribution is 2.27. The van der Waals surface area contributed by atoms with Crippen LogP contribution in [0.2, 0.25) is 5.15 Å². The molecule has 0 amide bonds. The lowest BCUT2D eigenvalue weighted by molar-refractivity contribution is 0.819. The molecule has 1 atom stereocenters. The van der Waals surface area contributed by atoms with Gasteiger partial charge in [-0.25, -0.2) is 9.97 Å². The fourth-order valence-corrected chi connectivity index (χ4v) is 3.02. The van der Waals surface area contributed by atoms with Crippen LogP contribution in [0.3, 0.4) is 0 Å². The van der Waals surface area contributed by atoms with Crippen molar-refractivity contribution in [1.29, 1.82) is 0 Å². The maximum Gasteiger partial charge on any atom is 0.152 e. The lowest BCUT2D eigenvalue weighted by Crippen LogP contribution is -2.14. The monoisotopic (exact) mass is 346 g/mol. The smallest absolute Gasteiger partial charge is 0.152 e. The quantitative estimate of drug-likeness (QED) is 0.597. The first-order chi connectivity index (χ1) is 12.2. The SMILES string of the molecule is N[C@@H](c1ccc2ccc(-c3ccccc3)nc2c1)c1nccnc1Cl. The molecule has 4 nitrogen and oxygen atoms in total. The van der Waals surface area contributed by atoms with Crippen LogP contribution < -0.4 is 5.73 Å². The van der Waals surface area contributed by atoms with E-state index in [0.717, 1.165) is 27.7 Å². The molecule has 0 spiro atoms. The van der Waals surface area contributed by atoms with Gasteiger partial charge in [0.2, 0.25) is 0 Å². The molecule has 4 aromatic rings. The third-order valence-electron chi connectivity index (χ3n) is 4.12.